The van der Waals surface area contributed by atoms with Crippen LogP contribution in [0.15, 0.2) is 35.4 Å². The van der Waals surface area contributed by atoms with Gasteiger partial charge in [0, 0.05) is 37.9 Å². The number of rotatable bonds is 6. The number of hydrogen-bond donors (Lipinski definition) is 0. The summed E-state index contributed by atoms with van der Waals surface area (Å²) in [4.78, 5) is 14.5. The topological polar surface area (TPSA) is 85.2 Å². The predicted molar refractivity (Wildman–Crippen MR) is 95.5 cm³/mol. The van der Waals surface area contributed by atoms with E-state index in [0.29, 0.717) is 36.7 Å². The number of carbonyl (C=O) groups is 1. The largest absolute Gasteiger partial charge is 0.338 e. The molecule has 0 atom stereocenters. The maximum absolute atomic E-state index is 12.3. The fraction of sp³-hybridized carbons (Fsp3) is 0.500. The van der Waals surface area contributed by atoms with Gasteiger partial charge < -0.3 is 4.90 Å². The Balaban J connectivity index is 1.25. The molecular weight excluding hydrogens is 352 g/mol. The lowest BCUT2D eigenvalue weighted by Crippen LogP contribution is -2.51. The summed E-state index contributed by atoms with van der Waals surface area (Å²) in [6, 6.07) is 6.97. The molecule has 8 heteroatoms. The molecule has 0 unspecified atom stereocenters. The molecule has 26 heavy (non-hydrogen) atoms. The zero-order valence-electron chi connectivity index (χ0n) is 14.7. The van der Waals surface area contributed by atoms with E-state index in [0.717, 1.165) is 11.3 Å². The maximum atomic E-state index is 12.3. The minimum absolute atomic E-state index is 0.121. The second-order valence-corrected chi connectivity index (χ2v) is 9.28. The maximum Gasteiger partial charge on any atom is 0.223 e. The van der Waals surface area contributed by atoms with Crippen LogP contribution in [0.3, 0.4) is 0 Å². The summed E-state index contributed by atoms with van der Waals surface area (Å²) in [6.07, 6.45) is 6.66. The van der Waals surface area contributed by atoms with Crippen molar-refractivity contribution < 1.29 is 13.2 Å². The van der Waals surface area contributed by atoms with Crippen molar-refractivity contribution in [2.24, 2.45) is 0 Å². The van der Waals surface area contributed by atoms with E-state index in [4.69, 9.17) is 0 Å². The average Bonchev–Trinajstić information content (AvgIpc) is 3.30. The molecular formula is C18H22N4O3S. The summed E-state index contributed by atoms with van der Waals surface area (Å²) >= 11 is 0. The Labute approximate surface area is 152 Å². The fourth-order valence-corrected chi connectivity index (χ4v) is 3.80. The lowest BCUT2D eigenvalue weighted by molar-refractivity contribution is -0.137. The third-order valence-corrected chi connectivity index (χ3v) is 6.22. The first-order valence-electron chi connectivity index (χ1n) is 8.88. The van der Waals surface area contributed by atoms with E-state index in [2.05, 4.69) is 10.3 Å². The highest BCUT2D eigenvalue weighted by Crippen LogP contribution is 2.39. The first-order chi connectivity index (χ1) is 12.4. The molecule has 1 saturated carbocycles. The number of hydrogen-bond acceptors (Lipinski definition) is 5. The van der Waals surface area contributed by atoms with Gasteiger partial charge in [-0.25, -0.2) is 13.1 Å². The number of aromatic nitrogens is 3. The van der Waals surface area contributed by atoms with Crippen LogP contribution in [-0.2, 0) is 21.1 Å². The molecule has 2 heterocycles. The first-order valence-corrected chi connectivity index (χ1v) is 10.8. The SMILES string of the molecule is CS(=O)(=O)c1ccc(CCC(=O)N2CC(n3cc(C4CC4)nn3)C2)cc1. The predicted octanol–water partition coefficient (Wildman–Crippen LogP) is 1.58. The molecule has 1 aliphatic carbocycles. The second kappa shape index (κ2) is 6.50. The van der Waals surface area contributed by atoms with E-state index in [-0.39, 0.29) is 11.9 Å². The third-order valence-electron chi connectivity index (χ3n) is 5.09. The Morgan fingerprint density at radius 2 is 1.88 bits per heavy atom. The molecule has 1 aliphatic heterocycles. The van der Waals surface area contributed by atoms with Gasteiger partial charge in [0.05, 0.1) is 16.6 Å². The molecule has 1 aromatic heterocycles. The molecule has 2 aliphatic rings. The Morgan fingerprint density at radius 3 is 2.50 bits per heavy atom. The zero-order valence-corrected chi connectivity index (χ0v) is 15.5. The number of nitrogens with zero attached hydrogens (tertiary/aromatic N) is 4. The molecule has 138 valence electrons. The summed E-state index contributed by atoms with van der Waals surface area (Å²) in [5, 5.41) is 8.41. The van der Waals surface area contributed by atoms with Gasteiger partial charge in [0.15, 0.2) is 9.84 Å². The molecule has 1 saturated heterocycles. The number of likely N-dealkylation sites (tertiary alicyclic amines) is 1. The van der Waals surface area contributed by atoms with Crippen LogP contribution >= 0.6 is 0 Å². The Morgan fingerprint density at radius 1 is 1.19 bits per heavy atom. The van der Waals surface area contributed by atoms with Crippen LogP contribution in [0.2, 0.25) is 0 Å². The minimum Gasteiger partial charge on any atom is -0.338 e. The normalized spacial score (nSPS) is 18.0. The number of carbonyl (C=O) groups excluding carboxylic acids is 1. The highest BCUT2D eigenvalue weighted by Gasteiger charge is 2.34. The first kappa shape index (κ1) is 17.2. The molecule has 2 fully saturated rings. The number of benzene rings is 1. The van der Waals surface area contributed by atoms with Crippen LogP contribution in [0.5, 0.6) is 0 Å². The second-order valence-electron chi connectivity index (χ2n) is 7.27. The summed E-state index contributed by atoms with van der Waals surface area (Å²) in [5.41, 5.74) is 2.04. The number of aryl methyl sites for hydroxylation is 1. The van der Waals surface area contributed by atoms with Gasteiger partial charge in [0.25, 0.3) is 0 Å². The summed E-state index contributed by atoms with van der Waals surface area (Å²) in [7, 11) is -3.18. The Hall–Kier alpha value is -2.22. The quantitative estimate of drug-likeness (QED) is 0.766. The number of sulfone groups is 1. The zero-order chi connectivity index (χ0) is 18.3. The van der Waals surface area contributed by atoms with Crippen molar-refractivity contribution in [2.45, 2.75) is 42.5 Å². The highest BCUT2D eigenvalue weighted by molar-refractivity contribution is 7.90. The van der Waals surface area contributed by atoms with Crippen LogP contribution in [0.25, 0.3) is 0 Å². The standard InChI is InChI=1S/C18H22N4O3S/c1-26(24,25)16-7-2-13(3-8-16)4-9-18(23)21-10-15(11-21)22-12-17(19-20-22)14-5-6-14/h2-3,7-8,12,14-15H,4-6,9-11H2,1H3. The van der Waals surface area contributed by atoms with E-state index in [1.807, 2.05) is 15.8 Å². The lowest BCUT2D eigenvalue weighted by atomic mass is 10.1. The molecule has 4 rings (SSSR count). The van der Waals surface area contributed by atoms with Crippen LogP contribution < -0.4 is 0 Å². The van der Waals surface area contributed by atoms with Gasteiger partial charge in [-0.2, -0.15) is 0 Å². The molecule has 2 aromatic rings. The summed E-state index contributed by atoms with van der Waals surface area (Å²) in [6.45, 7) is 1.36. The Kier molecular flexibility index (Phi) is 4.30. The van der Waals surface area contributed by atoms with Crippen molar-refractivity contribution in [2.75, 3.05) is 19.3 Å². The van der Waals surface area contributed by atoms with Gasteiger partial charge >= 0.3 is 0 Å². The van der Waals surface area contributed by atoms with Crippen molar-refractivity contribution >= 4 is 15.7 Å². The van der Waals surface area contributed by atoms with Crippen LogP contribution in [0.1, 0.15) is 42.5 Å². The fourth-order valence-electron chi connectivity index (χ4n) is 3.17. The van der Waals surface area contributed by atoms with Gasteiger partial charge in [-0.15, -0.1) is 5.10 Å². The van der Waals surface area contributed by atoms with Gasteiger partial charge in [-0.05, 0) is 37.0 Å². The minimum atomic E-state index is -3.18. The highest BCUT2D eigenvalue weighted by atomic mass is 32.2. The van der Waals surface area contributed by atoms with Crippen LogP contribution in [0.4, 0.5) is 0 Å². The van der Waals surface area contributed by atoms with E-state index >= 15 is 0 Å². The third kappa shape index (κ3) is 3.65. The van der Waals surface area contributed by atoms with E-state index < -0.39 is 9.84 Å². The monoisotopic (exact) mass is 374 g/mol. The average molecular weight is 374 g/mol. The molecule has 0 spiro atoms. The van der Waals surface area contributed by atoms with Crippen molar-refractivity contribution in [1.29, 1.82) is 0 Å². The van der Waals surface area contributed by atoms with Crippen molar-refractivity contribution in [3.63, 3.8) is 0 Å². The molecule has 0 radical (unpaired) electrons. The number of amides is 1. The molecule has 1 aromatic carbocycles. The van der Waals surface area contributed by atoms with Crippen molar-refractivity contribution in [1.82, 2.24) is 19.9 Å². The lowest BCUT2D eigenvalue weighted by Gasteiger charge is -2.39. The smallest absolute Gasteiger partial charge is 0.223 e. The van der Waals surface area contributed by atoms with Gasteiger partial charge in [0.2, 0.25) is 5.91 Å². The van der Waals surface area contributed by atoms with E-state index in [9.17, 15) is 13.2 Å². The molecule has 7 nitrogen and oxygen atoms in total. The van der Waals surface area contributed by atoms with Crippen LogP contribution in [-0.4, -0.2) is 53.6 Å². The summed E-state index contributed by atoms with van der Waals surface area (Å²) in [5.74, 6) is 0.714. The van der Waals surface area contributed by atoms with E-state index in [1.165, 1.54) is 19.1 Å². The van der Waals surface area contributed by atoms with E-state index in [1.54, 1.807) is 24.3 Å². The van der Waals surface area contributed by atoms with Gasteiger partial charge in [-0.1, -0.05) is 17.3 Å². The van der Waals surface area contributed by atoms with Gasteiger partial charge in [-0.3, -0.25) is 4.79 Å². The van der Waals surface area contributed by atoms with Gasteiger partial charge in [0.1, 0.15) is 0 Å². The Bertz CT molecular complexity index is 910. The molecule has 0 N–H and O–H groups in total. The summed E-state index contributed by atoms with van der Waals surface area (Å²) < 4.78 is 24.8. The van der Waals surface area contributed by atoms with Crippen LogP contribution in [0, 0.1) is 0 Å². The van der Waals surface area contributed by atoms with Crippen molar-refractivity contribution in [3.8, 4) is 0 Å². The molecule has 1 amide bonds. The van der Waals surface area contributed by atoms with Crippen molar-refractivity contribution in [3.05, 3.63) is 41.7 Å². The molecule has 0 bridgehead atoms.